The van der Waals surface area contributed by atoms with Gasteiger partial charge in [0.25, 0.3) is 5.69 Å². The van der Waals surface area contributed by atoms with Crippen LogP contribution in [-0.4, -0.2) is 63.8 Å². The van der Waals surface area contributed by atoms with Crippen molar-refractivity contribution in [1.82, 2.24) is 19.5 Å². The second-order valence-electron chi connectivity index (χ2n) is 8.34. The number of hydrogen-bond donors (Lipinski definition) is 1. The molecule has 1 N–H and O–H groups in total. The molecule has 0 saturated carbocycles. The first kappa shape index (κ1) is 22.2. The fraction of sp³-hybridized carbons (Fsp3) is 0.429. The molecule has 3 heterocycles. The van der Waals surface area contributed by atoms with Crippen LogP contribution in [0.1, 0.15) is 12.0 Å². The largest absolute Gasteiger partial charge is 0.371 e. The van der Waals surface area contributed by atoms with Crippen molar-refractivity contribution >= 4 is 40.1 Å². The molecule has 2 atom stereocenters. The zero-order valence-electron chi connectivity index (χ0n) is 18.8. The fourth-order valence-electron chi connectivity index (χ4n) is 4.13. The predicted octanol–water partition coefficient (Wildman–Crippen LogP) is 3.23. The minimum atomic E-state index is -1.11. The minimum absolute atomic E-state index is 0.00501. The SMILES string of the molecule is [C-]#[N+]c1cnc(N[C@@H]2C[C@@H](F)CN(c3nc4cc([N+](=O)[O-])c(C)cc4n3C)C2)nc1N(C)C. The Balaban J connectivity index is 1.61. The van der Waals surface area contributed by atoms with E-state index >= 15 is 0 Å². The third-order valence-electron chi connectivity index (χ3n) is 5.68. The summed E-state index contributed by atoms with van der Waals surface area (Å²) in [7, 11) is 5.40. The summed E-state index contributed by atoms with van der Waals surface area (Å²) in [5, 5.41) is 14.5. The van der Waals surface area contributed by atoms with E-state index in [1.807, 2.05) is 16.5 Å². The summed E-state index contributed by atoms with van der Waals surface area (Å²) in [6, 6.07) is 2.89. The number of alkyl halides is 1. The number of nitrogens with one attached hydrogen (secondary N) is 1. The number of halogens is 1. The Morgan fingerprint density at radius 3 is 2.76 bits per heavy atom. The zero-order chi connectivity index (χ0) is 23.9. The van der Waals surface area contributed by atoms with Crippen LogP contribution in [0.15, 0.2) is 18.3 Å². The molecule has 11 nitrogen and oxygen atoms in total. The number of aromatic nitrogens is 4. The van der Waals surface area contributed by atoms with Gasteiger partial charge in [0.05, 0.1) is 29.1 Å². The average Bonchev–Trinajstić information content (AvgIpc) is 3.08. The van der Waals surface area contributed by atoms with Gasteiger partial charge in [-0.25, -0.2) is 24.2 Å². The molecule has 0 bridgehead atoms. The maximum absolute atomic E-state index is 14.7. The van der Waals surface area contributed by atoms with Crippen LogP contribution in [0, 0.1) is 23.6 Å². The van der Waals surface area contributed by atoms with Crippen LogP contribution in [0.4, 0.5) is 33.5 Å². The van der Waals surface area contributed by atoms with Gasteiger partial charge in [-0.15, -0.1) is 0 Å². The topological polar surface area (TPSA) is 110 Å². The lowest BCUT2D eigenvalue weighted by Gasteiger charge is -2.35. The summed E-state index contributed by atoms with van der Waals surface area (Å²) >= 11 is 0. The maximum atomic E-state index is 14.7. The molecule has 2 aromatic heterocycles. The monoisotopic (exact) mass is 453 g/mol. The number of anilines is 3. The van der Waals surface area contributed by atoms with E-state index in [1.165, 1.54) is 12.3 Å². The van der Waals surface area contributed by atoms with Crippen LogP contribution >= 0.6 is 0 Å². The predicted molar refractivity (Wildman–Crippen MR) is 124 cm³/mol. The second kappa shape index (κ2) is 8.50. The highest BCUT2D eigenvalue weighted by atomic mass is 19.1. The van der Waals surface area contributed by atoms with Crippen molar-refractivity contribution in [3.63, 3.8) is 0 Å². The molecule has 172 valence electrons. The fourth-order valence-corrected chi connectivity index (χ4v) is 4.13. The molecular formula is C21H24FN9O2. The van der Waals surface area contributed by atoms with E-state index in [4.69, 9.17) is 6.57 Å². The number of fused-ring (bicyclic) bond motifs is 1. The Bertz CT molecular complexity index is 1270. The molecule has 0 unspecified atom stereocenters. The summed E-state index contributed by atoms with van der Waals surface area (Å²) in [6.07, 6.45) is 0.616. The molecule has 0 spiro atoms. The van der Waals surface area contributed by atoms with E-state index in [0.717, 1.165) is 5.52 Å². The maximum Gasteiger partial charge on any atom is 0.274 e. The van der Waals surface area contributed by atoms with Crippen LogP contribution in [0.3, 0.4) is 0 Å². The lowest BCUT2D eigenvalue weighted by Crippen LogP contribution is -2.48. The van der Waals surface area contributed by atoms with Gasteiger partial charge in [0.15, 0.2) is 0 Å². The Kier molecular flexibility index (Phi) is 5.71. The van der Waals surface area contributed by atoms with E-state index in [2.05, 4.69) is 25.1 Å². The van der Waals surface area contributed by atoms with E-state index < -0.39 is 11.1 Å². The Morgan fingerprint density at radius 1 is 1.33 bits per heavy atom. The third-order valence-corrected chi connectivity index (χ3v) is 5.68. The molecule has 1 aliphatic heterocycles. The van der Waals surface area contributed by atoms with Crippen molar-refractivity contribution in [1.29, 1.82) is 0 Å². The number of nitro benzene ring substituents is 1. The van der Waals surface area contributed by atoms with Gasteiger partial charge in [0.1, 0.15) is 12.0 Å². The molecule has 1 saturated heterocycles. The number of aryl methyl sites for hydroxylation is 2. The van der Waals surface area contributed by atoms with Crippen molar-refractivity contribution in [2.75, 3.05) is 42.3 Å². The molecule has 3 aromatic rings. The van der Waals surface area contributed by atoms with Gasteiger partial charge in [0, 0.05) is 58.0 Å². The molecule has 4 rings (SSSR count). The summed E-state index contributed by atoms with van der Waals surface area (Å²) in [6.45, 7) is 9.56. The molecule has 12 heteroatoms. The summed E-state index contributed by atoms with van der Waals surface area (Å²) < 4.78 is 16.5. The number of hydrogen-bond acceptors (Lipinski definition) is 8. The van der Waals surface area contributed by atoms with Gasteiger partial charge in [-0.2, -0.15) is 0 Å². The van der Waals surface area contributed by atoms with Crippen LogP contribution in [0.5, 0.6) is 0 Å². The van der Waals surface area contributed by atoms with Gasteiger partial charge in [0.2, 0.25) is 17.6 Å². The molecule has 1 fully saturated rings. The minimum Gasteiger partial charge on any atom is -0.371 e. The molecule has 0 radical (unpaired) electrons. The van der Waals surface area contributed by atoms with Crippen molar-refractivity contribution in [3.8, 4) is 0 Å². The van der Waals surface area contributed by atoms with Crippen molar-refractivity contribution in [3.05, 3.63) is 45.4 Å². The number of nitro groups is 1. The van der Waals surface area contributed by atoms with Crippen LogP contribution < -0.4 is 15.1 Å². The molecule has 0 amide bonds. The first-order valence-corrected chi connectivity index (χ1v) is 10.4. The quantitative estimate of drug-likeness (QED) is 0.356. The first-order chi connectivity index (χ1) is 15.7. The molecule has 33 heavy (non-hydrogen) atoms. The zero-order valence-corrected chi connectivity index (χ0v) is 18.8. The molecule has 1 aliphatic rings. The average molecular weight is 453 g/mol. The van der Waals surface area contributed by atoms with E-state index in [1.54, 1.807) is 32.0 Å². The third kappa shape index (κ3) is 4.21. The highest BCUT2D eigenvalue weighted by Crippen LogP contribution is 2.30. The molecule has 0 aliphatic carbocycles. The Labute approximate surface area is 189 Å². The van der Waals surface area contributed by atoms with E-state index in [0.29, 0.717) is 41.0 Å². The number of imidazole rings is 1. The highest BCUT2D eigenvalue weighted by Gasteiger charge is 2.31. The van der Waals surface area contributed by atoms with Gasteiger partial charge < -0.3 is 19.7 Å². The van der Waals surface area contributed by atoms with Gasteiger partial charge in [-0.05, 0) is 13.0 Å². The molecular weight excluding hydrogens is 429 g/mol. The van der Waals surface area contributed by atoms with Crippen LogP contribution in [0.25, 0.3) is 15.9 Å². The van der Waals surface area contributed by atoms with Crippen LogP contribution in [0.2, 0.25) is 0 Å². The Hall–Kier alpha value is -4.01. The lowest BCUT2D eigenvalue weighted by atomic mass is 10.0. The summed E-state index contributed by atoms with van der Waals surface area (Å²) in [5.74, 6) is 1.35. The number of piperidine rings is 1. The number of benzene rings is 1. The van der Waals surface area contributed by atoms with Crippen molar-refractivity contribution in [2.45, 2.75) is 25.6 Å². The smallest absolute Gasteiger partial charge is 0.274 e. The first-order valence-electron chi connectivity index (χ1n) is 10.4. The van der Waals surface area contributed by atoms with E-state index in [-0.39, 0.29) is 24.7 Å². The van der Waals surface area contributed by atoms with Gasteiger partial charge >= 0.3 is 0 Å². The van der Waals surface area contributed by atoms with Gasteiger partial charge in [-0.1, -0.05) is 0 Å². The standard InChI is InChI=1S/C21H24FN9O2/c1-12-6-18-15(8-17(12)31(32)33)26-21(29(18)5)30-10-13(22)7-14(11-30)25-20-24-9-16(23-2)19(27-20)28(3)4/h6,8-9,13-14H,7,10-11H2,1,3-5H3,(H,24,25,27)/t13-,14-/m1/s1. The lowest BCUT2D eigenvalue weighted by molar-refractivity contribution is -0.385. The summed E-state index contributed by atoms with van der Waals surface area (Å²) in [4.78, 5) is 31.1. The number of rotatable bonds is 5. The highest BCUT2D eigenvalue weighted by molar-refractivity contribution is 5.82. The Morgan fingerprint density at radius 2 is 2.09 bits per heavy atom. The summed E-state index contributed by atoms with van der Waals surface area (Å²) in [5.41, 5.74) is 2.12. The number of nitrogens with zero attached hydrogens (tertiary/aromatic N) is 8. The molecule has 1 aromatic carbocycles. The normalized spacial score (nSPS) is 18.2. The van der Waals surface area contributed by atoms with E-state index in [9.17, 15) is 14.5 Å². The van der Waals surface area contributed by atoms with Crippen LogP contribution in [-0.2, 0) is 7.05 Å². The second-order valence-corrected chi connectivity index (χ2v) is 8.34. The van der Waals surface area contributed by atoms with Gasteiger partial charge in [-0.3, -0.25) is 10.1 Å². The van der Waals surface area contributed by atoms with Crippen molar-refractivity contribution in [2.24, 2.45) is 7.05 Å². The van der Waals surface area contributed by atoms with Crippen molar-refractivity contribution < 1.29 is 9.31 Å².